The predicted octanol–water partition coefficient (Wildman–Crippen LogP) is 0.891. The molecule has 0 bridgehead atoms. The summed E-state index contributed by atoms with van der Waals surface area (Å²) in [7, 11) is 2.50. The van der Waals surface area contributed by atoms with Gasteiger partial charge in [-0.2, -0.15) is 0 Å². The molecule has 1 aliphatic heterocycles. The van der Waals surface area contributed by atoms with E-state index in [0.717, 1.165) is 24.2 Å². The van der Waals surface area contributed by atoms with Crippen LogP contribution in [0.2, 0.25) is 0 Å². The van der Waals surface area contributed by atoms with Crippen LogP contribution in [0.15, 0.2) is 11.0 Å². The Morgan fingerprint density at radius 1 is 1.46 bits per heavy atom. The van der Waals surface area contributed by atoms with Gasteiger partial charge in [0.1, 0.15) is 0 Å². The molecule has 1 fully saturated rings. The monoisotopic (exact) mass is 201 g/mol. The molecule has 3 nitrogen and oxygen atoms in total. The Morgan fingerprint density at radius 3 is 2.69 bits per heavy atom. The minimum atomic E-state index is -0.901. The van der Waals surface area contributed by atoms with E-state index in [2.05, 4.69) is 0 Å². The van der Waals surface area contributed by atoms with Gasteiger partial charge in [-0.3, -0.25) is 9.00 Å². The molecule has 1 unspecified atom stereocenters. The van der Waals surface area contributed by atoms with Crippen LogP contribution in [0.5, 0.6) is 0 Å². The van der Waals surface area contributed by atoms with E-state index >= 15 is 0 Å². The quantitative estimate of drug-likeness (QED) is 0.591. The highest BCUT2D eigenvalue weighted by Crippen LogP contribution is 2.19. The number of carbonyl (C=O) groups excluding carboxylic acids is 1. The topological polar surface area (TPSA) is 37.4 Å². The lowest BCUT2D eigenvalue weighted by Crippen LogP contribution is -2.21. The summed E-state index contributed by atoms with van der Waals surface area (Å²) < 4.78 is 11.4. The zero-order valence-electron chi connectivity index (χ0n) is 8.08. The van der Waals surface area contributed by atoms with E-state index in [9.17, 15) is 9.00 Å². The van der Waals surface area contributed by atoms with Gasteiger partial charge in [0, 0.05) is 41.6 Å². The molecule has 0 aromatic carbocycles. The molecular weight excluding hydrogens is 186 g/mol. The Kier molecular flexibility index (Phi) is 3.66. The predicted molar refractivity (Wildman–Crippen MR) is 53.6 cm³/mol. The summed E-state index contributed by atoms with van der Waals surface area (Å²) in [5, 5.41) is 0. The van der Waals surface area contributed by atoms with Gasteiger partial charge < -0.3 is 4.90 Å². The van der Waals surface area contributed by atoms with Crippen molar-refractivity contribution in [2.24, 2.45) is 0 Å². The molecule has 74 valence electrons. The van der Waals surface area contributed by atoms with Gasteiger partial charge in [-0.15, -0.1) is 0 Å². The molecule has 4 heteroatoms. The van der Waals surface area contributed by atoms with E-state index in [0.29, 0.717) is 5.75 Å². The van der Waals surface area contributed by atoms with Crippen molar-refractivity contribution in [1.29, 1.82) is 0 Å². The summed E-state index contributed by atoms with van der Waals surface area (Å²) >= 11 is 0. The Labute approximate surface area is 81.3 Å². The standard InChI is InChI=1S/C9H15NO2S/c1-10(2)9(11)7-8-5-3-4-6-13(8)12/h7H,3-6H2,1-2H3/b8-7+. The molecule has 0 spiro atoms. The van der Waals surface area contributed by atoms with Crippen LogP contribution in [0.3, 0.4) is 0 Å². The number of hydrogen-bond donors (Lipinski definition) is 0. The van der Waals surface area contributed by atoms with Gasteiger partial charge in [-0.25, -0.2) is 0 Å². The molecule has 1 saturated heterocycles. The van der Waals surface area contributed by atoms with Crippen LogP contribution in [0.1, 0.15) is 19.3 Å². The van der Waals surface area contributed by atoms with Crippen LogP contribution in [0.25, 0.3) is 0 Å². The molecule has 0 aromatic heterocycles. The molecule has 1 atom stereocenters. The normalized spacial score (nSPS) is 26.0. The Balaban J connectivity index is 2.68. The van der Waals surface area contributed by atoms with Crippen LogP contribution >= 0.6 is 0 Å². The maximum absolute atomic E-state index is 11.4. The average molecular weight is 201 g/mol. The molecule has 1 heterocycles. The summed E-state index contributed by atoms with van der Waals surface area (Å²) in [4.78, 5) is 13.6. The van der Waals surface area contributed by atoms with Crippen molar-refractivity contribution in [3.8, 4) is 0 Å². The van der Waals surface area contributed by atoms with E-state index in [4.69, 9.17) is 0 Å². The maximum Gasteiger partial charge on any atom is 0.246 e. The number of nitrogens with zero attached hydrogens (tertiary/aromatic N) is 1. The molecular formula is C9H15NO2S. The van der Waals surface area contributed by atoms with Crippen molar-refractivity contribution >= 4 is 16.7 Å². The molecule has 13 heavy (non-hydrogen) atoms. The third kappa shape index (κ3) is 2.95. The number of amides is 1. The second-order valence-corrected chi connectivity index (χ2v) is 4.97. The van der Waals surface area contributed by atoms with Crippen molar-refractivity contribution in [2.75, 3.05) is 19.8 Å². The molecule has 0 N–H and O–H groups in total. The summed E-state index contributed by atoms with van der Waals surface area (Å²) in [5.41, 5.74) is 0. The lowest BCUT2D eigenvalue weighted by Gasteiger charge is -2.14. The summed E-state index contributed by atoms with van der Waals surface area (Å²) in [6, 6.07) is 0. The SMILES string of the molecule is CN(C)C(=O)/C=C1\CCCCS1=O. The highest BCUT2D eigenvalue weighted by molar-refractivity contribution is 7.89. The maximum atomic E-state index is 11.4. The molecule has 1 amide bonds. The van der Waals surface area contributed by atoms with Crippen molar-refractivity contribution in [1.82, 2.24) is 4.90 Å². The molecule has 1 rings (SSSR count). The van der Waals surface area contributed by atoms with Gasteiger partial charge in [-0.05, 0) is 19.3 Å². The first kappa shape index (κ1) is 10.4. The van der Waals surface area contributed by atoms with Crippen LogP contribution in [-0.4, -0.2) is 34.9 Å². The fourth-order valence-corrected chi connectivity index (χ4v) is 2.51. The summed E-state index contributed by atoms with van der Waals surface area (Å²) in [6.07, 6.45) is 4.40. The van der Waals surface area contributed by atoms with Crippen molar-refractivity contribution in [3.05, 3.63) is 11.0 Å². The van der Waals surface area contributed by atoms with E-state index in [1.807, 2.05) is 0 Å². The second kappa shape index (κ2) is 4.56. The Morgan fingerprint density at radius 2 is 2.15 bits per heavy atom. The second-order valence-electron chi connectivity index (χ2n) is 3.35. The minimum absolute atomic E-state index is 0.0646. The van der Waals surface area contributed by atoms with Gasteiger partial charge in [0.05, 0.1) is 0 Å². The van der Waals surface area contributed by atoms with Gasteiger partial charge in [0.25, 0.3) is 0 Å². The van der Waals surface area contributed by atoms with E-state index in [1.54, 1.807) is 14.1 Å². The fourth-order valence-electron chi connectivity index (χ4n) is 1.18. The average Bonchev–Trinajstić information content (AvgIpc) is 2.08. The van der Waals surface area contributed by atoms with Gasteiger partial charge >= 0.3 is 0 Å². The number of allylic oxidation sites excluding steroid dienone is 1. The van der Waals surface area contributed by atoms with Crippen LogP contribution in [-0.2, 0) is 15.6 Å². The highest BCUT2D eigenvalue weighted by atomic mass is 32.2. The van der Waals surface area contributed by atoms with Crippen molar-refractivity contribution < 1.29 is 9.00 Å². The number of rotatable bonds is 1. The largest absolute Gasteiger partial charge is 0.345 e. The zero-order chi connectivity index (χ0) is 9.84. The molecule has 1 aliphatic rings. The lowest BCUT2D eigenvalue weighted by atomic mass is 10.2. The lowest BCUT2D eigenvalue weighted by molar-refractivity contribution is -0.123. The van der Waals surface area contributed by atoms with E-state index in [-0.39, 0.29) is 5.91 Å². The third-order valence-electron chi connectivity index (χ3n) is 2.02. The fraction of sp³-hybridized carbons (Fsp3) is 0.667. The molecule has 0 radical (unpaired) electrons. The first-order valence-electron chi connectivity index (χ1n) is 4.41. The Hall–Kier alpha value is -0.640. The smallest absolute Gasteiger partial charge is 0.246 e. The number of likely N-dealkylation sites (N-methyl/N-ethyl adjacent to an activating group) is 1. The summed E-state index contributed by atoms with van der Waals surface area (Å²) in [6.45, 7) is 0. The number of carbonyl (C=O) groups is 1. The molecule has 0 saturated carbocycles. The van der Waals surface area contributed by atoms with Crippen LogP contribution in [0.4, 0.5) is 0 Å². The number of hydrogen-bond acceptors (Lipinski definition) is 2. The molecule has 0 aromatic rings. The van der Waals surface area contributed by atoms with Crippen molar-refractivity contribution in [3.63, 3.8) is 0 Å². The zero-order valence-corrected chi connectivity index (χ0v) is 8.89. The first-order chi connectivity index (χ1) is 6.11. The Bertz CT molecular complexity index is 258. The van der Waals surface area contributed by atoms with Crippen LogP contribution < -0.4 is 0 Å². The van der Waals surface area contributed by atoms with Crippen LogP contribution in [0, 0.1) is 0 Å². The third-order valence-corrected chi connectivity index (χ3v) is 3.59. The first-order valence-corrected chi connectivity index (χ1v) is 5.73. The van der Waals surface area contributed by atoms with Gasteiger partial charge in [0.2, 0.25) is 5.91 Å². The van der Waals surface area contributed by atoms with Gasteiger partial charge in [0.15, 0.2) is 0 Å². The molecule has 0 aliphatic carbocycles. The van der Waals surface area contributed by atoms with E-state index in [1.165, 1.54) is 11.0 Å². The minimum Gasteiger partial charge on any atom is -0.345 e. The highest BCUT2D eigenvalue weighted by Gasteiger charge is 2.14. The van der Waals surface area contributed by atoms with E-state index < -0.39 is 10.8 Å². The summed E-state index contributed by atoms with van der Waals surface area (Å²) in [5.74, 6) is 0.650. The van der Waals surface area contributed by atoms with Gasteiger partial charge in [-0.1, -0.05) is 0 Å². The van der Waals surface area contributed by atoms with Crippen molar-refractivity contribution in [2.45, 2.75) is 19.3 Å².